The molecular formula is C24H30N6. The summed E-state index contributed by atoms with van der Waals surface area (Å²) in [6.07, 6.45) is 12.1. The van der Waals surface area contributed by atoms with Crippen molar-refractivity contribution in [1.82, 2.24) is 20.3 Å². The molecule has 6 nitrogen and oxygen atoms in total. The van der Waals surface area contributed by atoms with Crippen LogP contribution in [-0.4, -0.2) is 46.7 Å². The number of aromatic nitrogens is 3. The lowest BCUT2D eigenvalue weighted by atomic mass is 9.95. The van der Waals surface area contributed by atoms with E-state index in [2.05, 4.69) is 56.7 Å². The zero-order valence-corrected chi connectivity index (χ0v) is 17.6. The summed E-state index contributed by atoms with van der Waals surface area (Å²) in [7, 11) is 0. The predicted octanol–water partition coefficient (Wildman–Crippen LogP) is 4.23. The van der Waals surface area contributed by atoms with Crippen LogP contribution in [0.25, 0.3) is 22.0 Å². The first-order valence-electron chi connectivity index (χ1n) is 11.2. The SMILES string of the molecule is C[C@H]1CN(c2nc(-c3ccnc(NC4CCCCC4)c3)cc3cnccc23)CCN1. The second kappa shape index (κ2) is 8.56. The Morgan fingerprint density at radius 2 is 2.00 bits per heavy atom. The highest BCUT2D eigenvalue weighted by molar-refractivity contribution is 5.94. The van der Waals surface area contributed by atoms with Gasteiger partial charge in [0.2, 0.25) is 0 Å². The molecule has 1 aliphatic carbocycles. The Morgan fingerprint density at radius 1 is 1.10 bits per heavy atom. The van der Waals surface area contributed by atoms with E-state index in [9.17, 15) is 0 Å². The largest absolute Gasteiger partial charge is 0.367 e. The van der Waals surface area contributed by atoms with Gasteiger partial charge in [0.25, 0.3) is 0 Å². The van der Waals surface area contributed by atoms with Crippen LogP contribution < -0.4 is 15.5 Å². The minimum absolute atomic E-state index is 0.452. The Morgan fingerprint density at radius 3 is 2.87 bits per heavy atom. The molecule has 2 aliphatic rings. The van der Waals surface area contributed by atoms with Crippen LogP contribution in [0.1, 0.15) is 39.0 Å². The molecule has 0 radical (unpaired) electrons. The Hall–Kier alpha value is -2.73. The van der Waals surface area contributed by atoms with Gasteiger partial charge < -0.3 is 15.5 Å². The summed E-state index contributed by atoms with van der Waals surface area (Å²) in [5.41, 5.74) is 2.07. The van der Waals surface area contributed by atoms with E-state index in [0.717, 1.165) is 53.3 Å². The monoisotopic (exact) mass is 402 g/mol. The average Bonchev–Trinajstić information content (AvgIpc) is 2.79. The van der Waals surface area contributed by atoms with Crippen LogP contribution in [0.4, 0.5) is 11.6 Å². The molecule has 3 aromatic rings. The molecule has 156 valence electrons. The summed E-state index contributed by atoms with van der Waals surface area (Å²) in [6, 6.07) is 9.42. The fourth-order valence-corrected chi connectivity index (χ4v) is 4.72. The molecule has 0 spiro atoms. The van der Waals surface area contributed by atoms with E-state index in [1.54, 1.807) is 0 Å². The molecule has 0 amide bonds. The summed E-state index contributed by atoms with van der Waals surface area (Å²) in [5.74, 6) is 2.00. The lowest BCUT2D eigenvalue weighted by molar-refractivity contribution is 0.462. The number of piperazine rings is 1. The minimum atomic E-state index is 0.452. The van der Waals surface area contributed by atoms with Crippen molar-refractivity contribution in [3.8, 4) is 11.3 Å². The highest BCUT2D eigenvalue weighted by Crippen LogP contribution is 2.31. The fourth-order valence-electron chi connectivity index (χ4n) is 4.72. The van der Waals surface area contributed by atoms with Crippen molar-refractivity contribution < 1.29 is 0 Å². The first kappa shape index (κ1) is 19.2. The highest BCUT2D eigenvalue weighted by Gasteiger charge is 2.20. The lowest BCUT2D eigenvalue weighted by Crippen LogP contribution is -2.49. The molecule has 1 atom stereocenters. The normalized spacial score (nSPS) is 20.4. The molecule has 2 N–H and O–H groups in total. The second-order valence-corrected chi connectivity index (χ2v) is 8.64. The van der Waals surface area contributed by atoms with Gasteiger partial charge in [0.05, 0.1) is 5.69 Å². The van der Waals surface area contributed by atoms with Crippen molar-refractivity contribution in [2.24, 2.45) is 0 Å². The predicted molar refractivity (Wildman–Crippen MR) is 123 cm³/mol. The van der Waals surface area contributed by atoms with Crippen LogP contribution >= 0.6 is 0 Å². The van der Waals surface area contributed by atoms with Gasteiger partial charge in [-0.1, -0.05) is 19.3 Å². The molecule has 2 fully saturated rings. The van der Waals surface area contributed by atoms with Gasteiger partial charge >= 0.3 is 0 Å². The molecular weight excluding hydrogens is 372 g/mol. The zero-order chi connectivity index (χ0) is 20.3. The van der Waals surface area contributed by atoms with E-state index in [1.165, 1.54) is 32.1 Å². The number of pyridine rings is 3. The molecule has 0 aromatic carbocycles. The van der Waals surface area contributed by atoms with Crippen molar-refractivity contribution in [3.63, 3.8) is 0 Å². The fraction of sp³-hybridized carbons (Fsp3) is 0.458. The van der Waals surface area contributed by atoms with Crippen LogP contribution in [0.15, 0.2) is 42.9 Å². The van der Waals surface area contributed by atoms with Crippen LogP contribution in [0.2, 0.25) is 0 Å². The number of hydrogen-bond acceptors (Lipinski definition) is 6. The summed E-state index contributed by atoms with van der Waals surface area (Å²) in [5, 5.41) is 9.46. The van der Waals surface area contributed by atoms with Gasteiger partial charge in [-0.05, 0) is 44.0 Å². The van der Waals surface area contributed by atoms with Crippen LogP contribution in [0.3, 0.4) is 0 Å². The number of rotatable bonds is 4. The van der Waals surface area contributed by atoms with Crippen molar-refractivity contribution in [2.75, 3.05) is 29.9 Å². The molecule has 1 aliphatic heterocycles. The van der Waals surface area contributed by atoms with Crippen molar-refractivity contribution in [2.45, 2.75) is 51.1 Å². The number of nitrogens with zero attached hydrogens (tertiary/aromatic N) is 4. The minimum Gasteiger partial charge on any atom is -0.367 e. The number of nitrogens with one attached hydrogen (secondary N) is 2. The summed E-state index contributed by atoms with van der Waals surface area (Å²) < 4.78 is 0. The Balaban J connectivity index is 1.50. The van der Waals surface area contributed by atoms with E-state index in [4.69, 9.17) is 4.98 Å². The van der Waals surface area contributed by atoms with Crippen LogP contribution in [0.5, 0.6) is 0 Å². The molecule has 3 aromatic heterocycles. The van der Waals surface area contributed by atoms with Crippen molar-refractivity contribution in [1.29, 1.82) is 0 Å². The maximum atomic E-state index is 5.13. The molecule has 0 unspecified atom stereocenters. The Kier molecular flexibility index (Phi) is 5.49. The summed E-state index contributed by atoms with van der Waals surface area (Å²) >= 11 is 0. The van der Waals surface area contributed by atoms with E-state index >= 15 is 0 Å². The summed E-state index contributed by atoms with van der Waals surface area (Å²) in [6.45, 7) is 5.12. The van der Waals surface area contributed by atoms with Crippen LogP contribution in [0, 0.1) is 0 Å². The highest BCUT2D eigenvalue weighted by atomic mass is 15.2. The average molecular weight is 403 g/mol. The maximum Gasteiger partial charge on any atom is 0.137 e. The summed E-state index contributed by atoms with van der Waals surface area (Å²) in [4.78, 5) is 16.5. The van der Waals surface area contributed by atoms with Crippen molar-refractivity contribution >= 4 is 22.4 Å². The van der Waals surface area contributed by atoms with E-state index in [1.807, 2.05) is 18.6 Å². The Labute approximate surface area is 178 Å². The van der Waals surface area contributed by atoms with E-state index < -0.39 is 0 Å². The van der Waals surface area contributed by atoms with Gasteiger partial charge in [-0.15, -0.1) is 0 Å². The van der Waals surface area contributed by atoms with Gasteiger partial charge in [0.1, 0.15) is 11.6 Å². The molecule has 0 bridgehead atoms. The van der Waals surface area contributed by atoms with Gasteiger partial charge in [0.15, 0.2) is 0 Å². The molecule has 6 heteroatoms. The number of anilines is 2. The van der Waals surface area contributed by atoms with Gasteiger partial charge in [-0.25, -0.2) is 9.97 Å². The lowest BCUT2D eigenvalue weighted by Gasteiger charge is -2.33. The van der Waals surface area contributed by atoms with Gasteiger partial charge in [-0.2, -0.15) is 0 Å². The maximum absolute atomic E-state index is 5.13. The molecule has 1 saturated heterocycles. The molecule has 4 heterocycles. The molecule has 30 heavy (non-hydrogen) atoms. The van der Waals surface area contributed by atoms with E-state index in [-0.39, 0.29) is 0 Å². The number of hydrogen-bond donors (Lipinski definition) is 2. The Bertz CT molecular complexity index is 1010. The topological polar surface area (TPSA) is 66.0 Å². The van der Waals surface area contributed by atoms with Gasteiger partial charge in [0, 0.05) is 66.6 Å². The van der Waals surface area contributed by atoms with E-state index in [0.29, 0.717) is 12.1 Å². The quantitative estimate of drug-likeness (QED) is 0.681. The first-order chi connectivity index (χ1) is 14.8. The smallest absolute Gasteiger partial charge is 0.137 e. The molecule has 1 saturated carbocycles. The third-order valence-electron chi connectivity index (χ3n) is 6.29. The zero-order valence-electron chi connectivity index (χ0n) is 17.6. The first-order valence-corrected chi connectivity index (χ1v) is 11.2. The second-order valence-electron chi connectivity index (χ2n) is 8.64. The third kappa shape index (κ3) is 4.10. The number of fused-ring (bicyclic) bond motifs is 1. The third-order valence-corrected chi connectivity index (χ3v) is 6.29. The molecule has 5 rings (SSSR count). The van der Waals surface area contributed by atoms with Gasteiger partial charge in [-0.3, -0.25) is 4.98 Å². The van der Waals surface area contributed by atoms with Crippen LogP contribution in [-0.2, 0) is 0 Å². The standard InChI is InChI=1S/C24H30N6/c1-17-16-30(12-11-26-17)24-21-8-9-25-15-19(21)13-22(29-24)18-7-10-27-23(14-18)28-20-5-3-2-4-6-20/h7-10,13-15,17,20,26H,2-6,11-12,16H2,1H3,(H,27,28)/t17-/m0/s1. The van der Waals surface area contributed by atoms with Crippen molar-refractivity contribution in [3.05, 3.63) is 42.9 Å².